The molecule has 0 aliphatic carbocycles. The summed E-state index contributed by atoms with van der Waals surface area (Å²) in [5.41, 5.74) is 1.15. The average Bonchev–Trinajstić information content (AvgIpc) is 3.18. The third kappa shape index (κ3) is 5.28. The number of ether oxygens (including phenoxy) is 4. The molecule has 9 nitrogen and oxygen atoms in total. The number of nitrogens with zero attached hydrogens (tertiary/aromatic N) is 2. The van der Waals surface area contributed by atoms with Crippen molar-refractivity contribution >= 4 is 17.4 Å². The zero-order valence-electron chi connectivity index (χ0n) is 21.0. The highest BCUT2D eigenvalue weighted by Gasteiger charge is 2.46. The molecule has 2 aromatic carbocycles. The van der Waals surface area contributed by atoms with Gasteiger partial charge in [0.15, 0.2) is 11.5 Å². The minimum atomic E-state index is -0.738. The van der Waals surface area contributed by atoms with Crippen molar-refractivity contribution in [2.24, 2.45) is 0 Å². The molecule has 3 aliphatic heterocycles. The summed E-state index contributed by atoms with van der Waals surface area (Å²) in [6.07, 6.45) is 0.693. The van der Waals surface area contributed by atoms with Crippen LogP contribution in [0.15, 0.2) is 48.0 Å². The molecule has 0 spiro atoms. The summed E-state index contributed by atoms with van der Waals surface area (Å²) >= 11 is 0. The van der Waals surface area contributed by atoms with Gasteiger partial charge < -0.3 is 29.0 Å². The Bertz CT molecular complexity index is 1190. The second kappa shape index (κ2) is 11.2. The lowest BCUT2D eigenvalue weighted by molar-refractivity contribution is -0.140. The van der Waals surface area contributed by atoms with Gasteiger partial charge in [0.2, 0.25) is 0 Å². The van der Waals surface area contributed by atoms with E-state index in [1.165, 1.54) is 0 Å². The fourth-order valence-electron chi connectivity index (χ4n) is 5.03. The highest BCUT2D eigenvalue weighted by atomic mass is 16.6. The number of fused-ring (bicyclic) bond motifs is 1. The lowest BCUT2D eigenvalue weighted by Gasteiger charge is -2.29. The summed E-state index contributed by atoms with van der Waals surface area (Å²) in [6, 6.07) is 11.6. The van der Waals surface area contributed by atoms with E-state index >= 15 is 0 Å². The van der Waals surface area contributed by atoms with E-state index in [9.17, 15) is 14.7 Å². The van der Waals surface area contributed by atoms with E-state index in [4.69, 9.17) is 18.9 Å². The summed E-state index contributed by atoms with van der Waals surface area (Å²) in [6.45, 7) is 7.50. The van der Waals surface area contributed by atoms with Crippen molar-refractivity contribution in [2.75, 3.05) is 59.2 Å². The number of morpholine rings is 1. The molecule has 2 aromatic rings. The Kier molecular flexibility index (Phi) is 7.62. The number of likely N-dealkylation sites (tertiary alicyclic amines) is 1. The van der Waals surface area contributed by atoms with E-state index in [0.29, 0.717) is 74.4 Å². The zero-order valence-corrected chi connectivity index (χ0v) is 21.0. The highest BCUT2D eigenvalue weighted by Crippen LogP contribution is 2.41. The Morgan fingerprint density at radius 1 is 1.00 bits per heavy atom. The van der Waals surface area contributed by atoms with Crippen molar-refractivity contribution in [3.05, 3.63) is 59.2 Å². The van der Waals surface area contributed by atoms with Gasteiger partial charge in [-0.1, -0.05) is 12.1 Å². The maximum absolute atomic E-state index is 13.4. The van der Waals surface area contributed by atoms with Gasteiger partial charge in [0.25, 0.3) is 11.7 Å². The number of carbonyl (C=O) groups is 2. The van der Waals surface area contributed by atoms with Crippen LogP contribution < -0.4 is 14.2 Å². The number of aliphatic hydroxyl groups excluding tert-OH is 1. The number of rotatable bonds is 8. The van der Waals surface area contributed by atoms with E-state index < -0.39 is 17.7 Å². The van der Waals surface area contributed by atoms with Gasteiger partial charge in [-0.15, -0.1) is 0 Å². The predicted molar refractivity (Wildman–Crippen MR) is 136 cm³/mol. The Balaban J connectivity index is 1.50. The summed E-state index contributed by atoms with van der Waals surface area (Å²) < 4.78 is 22.3. The first-order valence-electron chi connectivity index (χ1n) is 12.8. The van der Waals surface area contributed by atoms with Crippen LogP contribution in [0.25, 0.3) is 5.76 Å². The molecule has 2 saturated heterocycles. The van der Waals surface area contributed by atoms with Crippen molar-refractivity contribution in [3.8, 4) is 17.2 Å². The molecule has 2 fully saturated rings. The summed E-state index contributed by atoms with van der Waals surface area (Å²) in [4.78, 5) is 30.5. The Morgan fingerprint density at radius 2 is 1.78 bits per heavy atom. The SMILES string of the molecule is CCOc1cccc([C@H]2C(=C(O)c3ccc4c(c3)OCCO4)C(=O)C(=O)N2CCCN2CCOCC2)c1. The van der Waals surface area contributed by atoms with Crippen molar-refractivity contribution in [1.82, 2.24) is 9.80 Å². The van der Waals surface area contributed by atoms with E-state index in [1.807, 2.05) is 31.2 Å². The Hall–Kier alpha value is -3.56. The molecular weight excluding hydrogens is 476 g/mol. The number of aliphatic hydroxyl groups is 1. The van der Waals surface area contributed by atoms with Crippen molar-refractivity contribution in [2.45, 2.75) is 19.4 Å². The molecule has 1 N–H and O–H groups in total. The lowest BCUT2D eigenvalue weighted by Crippen LogP contribution is -2.38. The molecule has 0 saturated carbocycles. The first-order chi connectivity index (χ1) is 18.1. The van der Waals surface area contributed by atoms with Crippen LogP contribution >= 0.6 is 0 Å². The molecule has 0 radical (unpaired) electrons. The molecule has 37 heavy (non-hydrogen) atoms. The predicted octanol–water partition coefficient (Wildman–Crippen LogP) is 3.00. The van der Waals surface area contributed by atoms with Crippen LogP contribution in [0.5, 0.6) is 17.2 Å². The van der Waals surface area contributed by atoms with Crippen molar-refractivity contribution < 1.29 is 33.6 Å². The molecule has 0 unspecified atom stereocenters. The van der Waals surface area contributed by atoms with E-state index in [-0.39, 0.29) is 11.3 Å². The van der Waals surface area contributed by atoms with Gasteiger partial charge in [0.1, 0.15) is 24.7 Å². The van der Waals surface area contributed by atoms with E-state index in [2.05, 4.69) is 4.90 Å². The lowest BCUT2D eigenvalue weighted by atomic mass is 9.95. The molecule has 5 rings (SSSR count). The van der Waals surface area contributed by atoms with Gasteiger partial charge in [-0.2, -0.15) is 0 Å². The fraction of sp³-hybridized carbons (Fsp3) is 0.429. The molecule has 3 aliphatic rings. The number of benzene rings is 2. The summed E-state index contributed by atoms with van der Waals surface area (Å²) in [5, 5.41) is 11.4. The largest absolute Gasteiger partial charge is 0.507 e. The third-order valence-electron chi connectivity index (χ3n) is 6.82. The minimum absolute atomic E-state index is 0.0571. The first kappa shape index (κ1) is 25.1. The molecule has 3 heterocycles. The van der Waals surface area contributed by atoms with Crippen molar-refractivity contribution in [1.29, 1.82) is 0 Å². The minimum Gasteiger partial charge on any atom is -0.507 e. The number of hydrogen-bond donors (Lipinski definition) is 1. The number of carbonyl (C=O) groups excluding carboxylic acids is 2. The standard InChI is InChI=1S/C28H32N2O7/c1-2-35-21-6-3-5-19(17-21)25-24(26(31)20-7-8-22-23(18-20)37-16-15-36-22)27(32)28(33)30(25)10-4-9-29-11-13-34-14-12-29/h3,5-8,17-18,25,31H,2,4,9-16H2,1H3/t25-/m0/s1. The Morgan fingerprint density at radius 3 is 2.57 bits per heavy atom. The summed E-state index contributed by atoms with van der Waals surface area (Å²) in [7, 11) is 0. The topological polar surface area (TPSA) is 97.8 Å². The van der Waals surface area contributed by atoms with Crippen LogP contribution in [0.1, 0.15) is 30.5 Å². The van der Waals surface area contributed by atoms with E-state index in [1.54, 1.807) is 23.1 Å². The van der Waals surface area contributed by atoms with Gasteiger partial charge in [0, 0.05) is 31.7 Å². The van der Waals surface area contributed by atoms with Crippen LogP contribution in [-0.4, -0.2) is 85.8 Å². The Labute approximate surface area is 216 Å². The maximum atomic E-state index is 13.4. The quantitative estimate of drug-likeness (QED) is 0.330. The molecule has 1 amide bonds. The van der Waals surface area contributed by atoms with Crippen LogP contribution in [0.2, 0.25) is 0 Å². The van der Waals surface area contributed by atoms with Gasteiger partial charge in [-0.3, -0.25) is 14.5 Å². The molecular formula is C28H32N2O7. The average molecular weight is 509 g/mol. The number of amides is 1. The molecule has 0 bridgehead atoms. The maximum Gasteiger partial charge on any atom is 0.295 e. The summed E-state index contributed by atoms with van der Waals surface area (Å²) in [5.74, 6) is 0.145. The van der Waals surface area contributed by atoms with Gasteiger partial charge >= 0.3 is 0 Å². The van der Waals surface area contributed by atoms with Gasteiger partial charge in [0.05, 0.1) is 31.4 Å². The molecule has 1 atom stereocenters. The normalized spacial score (nSPS) is 21.3. The van der Waals surface area contributed by atoms with E-state index in [0.717, 1.165) is 19.6 Å². The second-order valence-corrected chi connectivity index (χ2v) is 9.16. The zero-order chi connectivity index (χ0) is 25.8. The number of Topliss-reactive ketones (excluding diaryl/α,β-unsaturated/α-hetero) is 1. The van der Waals surface area contributed by atoms with Crippen LogP contribution in [0.4, 0.5) is 0 Å². The monoisotopic (exact) mass is 508 g/mol. The van der Waals surface area contributed by atoms with Crippen molar-refractivity contribution in [3.63, 3.8) is 0 Å². The molecule has 196 valence electrons. The van der Waals surface area contributed by atoms with Crippen LogP contribution in [0.3, 0.4) is 0 Å². The molecule has 0 aromatic heterocycles. The first-order valence-corrected chi connectivity index (χ1v) is 12.8. The molecule has 9 heteroatoms. The third-order valence-corrected chi connectivity index (χ3v) is 6.82. The number of hydrogen-bond acceptors (Lipinski definition) is 8. The smallest absolute Gasteiger partial charge is 0.295 e. The second-order valence-electron chi connectivity index (χ2n) is 9.16. The van der Waals surface area contributed by atoms with Gasteiger partial charge in [-0.25, -0.2) is 0 Å². The van der Waals surface area contributed by atoms with Gasteiger partial charge in [-0.05, 0) is 49.2 Å². The highest BCUT2D eigenvalue weighted by molar-refractivity contribution is 6.46. The fourth-order valence-corrected chi connectivity index (χ4v) is 5.03. The number of ketones is 1. The van der Waals surface area contributed by atoms with Crippen LogP contribution in [0, 0.1) is 0 Å². The van der Waals surface area contributed by atoms with Crippen LogP contribution in [-0.2, 0) is 14.3 Å².